The van der Waals surface area contributed by atoms with Crippen molar-refractivity contribution in [2.75, 3.05) is 0 Å². The van der Waals surface area contributed by atoms with Crippen molar-refractivity contribution in [2.45, 2.75) is 19.3 Å². The van der Waals surface area contributed by atoms with Crippen LogP contribution in [0.1, 0.15) is 25.0 Å². The first-order valence-electron chi connectivity index (χ1n) is 17.7. The van der Waals surface area contributed by atoms with E-state index in [4.69, 9.17) is 9.97 Å². The smallest absolute Gasteiger partial charge is 0.160 e. The lowest BCUT2D eigenvalue weighted by Crippen LogP contribution is -2.17. The molecule has 0 N–H and O–H groups in total. The highest BCUT2D eigenvalue weighted by molar-refractivity contribution is 6.21. The number of hydrogen-bond donors (Lipinski definition) is 0. The average Bonchev–Trinajstić information content (AvgIpc) is 3.42. The first-order valence-corrected chi connectivity index (χ1v) is 17.7. The van der Waals surface area contributed by atoms with E-state index in [1.54, 1.807) is 0 Å². The molecule has 51 heavy (non-hydrogen) atoms. The Balaban J connectivity index is 1.17. The summed E-state index contributed by atoms with van der Waals surface area (Å²) in [6.07, 6.45) is 0. The molecule has 1 heterocycles. The molecule has 0 atom stereocenters. The molecule has 1 aliphatic carbocycles. The molecular weight excluding hydrogens is 617 g/mol. The second kappa shape index (κ2) is 11.3. The van der Waals surface area contributed by atoms with Crippen molar-refractivity contribution in [1.82, 2.24) is 9.97 Å². The first kappa shape index (κ1) is 29.5. The van der Waals surface area contributed by atoms with E-state index in [9.17, 15) is 0 Å². The number of nitrogens with zero attached hydrogens (tertiary/aromatic N) is 2. The molecule has 1 aliphatic rings. The predicted molar refractivity (Wildman–Crippen MR) is 214 cm³/mol. The zero-order chi connectivity index (χ0) is 34.1. The molecule has 0 radical (unpaired) electrons. The van der Waals surface area contributed by atoms with Gasteiger partial charge in [0.25, 0.3) is 0 Å². The molecule has 0 amide bonds. The van der Waals surface area contributed by atoms with E-state index in [1.165, 1.54) is 71.3 Å². The zero-order valence-electron chi connectivity index (χ0n) is 28.6. The Morgan fingerprint density at radius 3 is 1.59 bits per heavy atom. The van der Waals surface area contributed by atoms with Gasteiger partial charge >= 0.3 is 0 Å². The molecule has 0 spiro atoms. The largest absolute Gasteiger partial charge is 0.228 e. The monoisotopic (exact) mass is 650 g/mol. The molecule has 8 aromatic carbocycles. The number of fused-ring (bicyclic) bond motifs is 6. The maximum absolute atomic E-state index is 5.32. The Morgan fingerprint density at radius 1 is 0.392 bits per heavy atom. The molecule has 2 heteroatoms. The van der Waals surface area contributed by atoms with Crippen LogP contribution in [-0.2, 0) is 5.41 Å². The van der Waals surface area contributed by atoms with Gasteiger partial charge < -0.3 is 0 Å². The minimum atomic E-state index is -0.236. The first-order chi connectivity index (χ1) is 25.1. The van der Waals surface area contributed by atoms with E-state index >= 15 is 0 Å². The summed E-state index contributed by atoms with van der Waals surface area (Å²) in [7, 11) is 0. The highest BCUT2D eigenvalue weighted by Gasteiger charge is 2.40. The van der Waals surface area contributed by atoms with Crippen LogP contribution >= 0.6 is 0 Å². The Kier molecular flexibility index (Phi) is 6.56. The molecule has 0 fully saturated rings. The maximum atomic E-state index is 5.32. The van der Waals surface area contributed by atoms with Crippen molar-refractivity contribution < 1.29 is 0 Å². The van der Waals surface area contributed by atoms with Gasteiger partial charge in [0.05, 0.1) is 11.4 Å². The molecule has 10 rings (SSSR count). The highest BCUT2D eigenvalue weighted by Crippen LogP contribution is 2.52. The number of hydrogen-bond acceptors (Lipinski definition) is 2. The summed E-state index contributed by atoms with van der Waals surface area (Å²) in [6, 6.07) is 61.3. The summed E-state index contributed by atoms with van der Waals surface area (Å²) < 4.78 is 0. The van der Waals surface area contributed by atoms with Crippen LogP contribution in [0.25, 0.3) is 88.5 Å². The normalized spacial score (nSPS) is 13.1. The van der Waals surface area contributed by atoms with Gasteiger partial charge in [0, 0.05) is 27.7 Å². The lowest BCUT2D eigenvalue weighted by molar-refractivity contribution is 0.658. The van der Waals surface area contributed by atoms with Crippen molar-refractivity contribution in [2.24, 2.45) is 0 Å². The van der Waals surface area contributed by atoms with E-state index in [-0.39, 0.29) is 5.41 Å². The Morgan fingerprint density at radius 2 is 0.902 bits per heavy atom. The fourth-order valence-corrected chi connectivity index (χ4v) is 8.43. The summed E-state index contributed by atoms with van der Waals surface area (Å²) in [5, 5.41) is 7.51. The average molecular weight is 651 g/mol. The van der Waals surface area contributed by atoms with Gasteiger partial charge in [-0.1, -0.05) is 178 Å². The van der Waals surface area contributed by atoms with Crippen LogP contribution in [0.3, 0.4) is 0 Å². The van der Waals surface area contributed by atoms with Gasteiger partial charge in [-0.05, 0) is 66.2 Å². The van der Waals surface area contributed by atoms with Crippen LogP contribution in [0.4, 0.5) is 0 Å². The van der Waals surface area contributed by atoms with Crippen molar-refractivity contribution in [3.05, 3.63) is 181 Å². The van der Waals surface area contributed by atoms with Gasteiger partial charge in [-0.25, -0.2) is 9.97 Å². The third-order valence-electron chi connectivity index (χ3n) is 10.8. The molecule has 0 saturated carbocycles. The van der Waals surface area contributed by atoms with Crippen LogP contribution in [0.15, 0.2) is 170 Å². The molecule has 1 aromatic heterocycles. The van der Waals surface area contributed by atoms with Gasteiger partial charge in [-0.2, -0.15) is 0 Å². The second-order valence-electron chi connectivity index (χ2n) is 14.1. The van der Waals surface area contributed by atoms with Crippen molar-refractivity contribution >= 4 is 32.3 Å². The second-order valence-corrected chi connectivity index (χ2v) is 14.1. The summed E-state index contributed by atoms with van der Waals surface area (Å²) in [5.74, 6) is 0.752. The fraction of sp³-hybridized carbons (Fsp3) is 0.0612. The summed E-state index contributed by atoms with van der Waals surface area (Å²) in [6.45, 7) is 4.60. The van der Waals surface area contributed by atoms with Gasteiger partial charge in [0.2, 0.25) is 0 Å². The standard InChI is InChI=1S/C49H34N2/c1-49(2)42-23-13-12-22-41(42)47-45(49)46(50-48(51-47)34-15-4-3-5-16-34)33-27-25-32(26-28-33)43-37-18-8-10-20-39(37)44(40-21-11-9-19-38(40)43)36-29-24-31-14-6-7-17-35(31)30-36/h3-30H,1-2H3. The van der Waals surface area contributed by atoms with E-state index in [1.807, 2.05) is 6.07 Å². The van der Waals surface area contributed by atoms with Crippen molar-refractivity contribution in [3.63, 3.8) is 0 Å². The Hall–Kier alpha value is -6.38. The number of aromatic nitrogens is 2. The van der Waals surface area contributed by atoms with Crippen molar-refractivity contribution in [1.29, 1.82) is 0 Å². The molecule has 240 valence electrons. The molecular formula is C49H34N2. The minimum Gasteiger partial charge on any atom is -0.228 e. The van der Waals surface area contributed by atoms with Gasteiger partial charge in [-0.3, -0.25) is 0 Å². The van der Waals surface area contributed by atoms with E-state index in [0.29, 0.717) is 0 Å². The maximum Gasteiger partial charge on any atom is 0.160 e. The summed E-state index contributed by atoms with van der Waals surface area (Å²) >= 11 is 0. The summed E-state index contributed by atoms with van der Waals surface area (Å²) in [5.41, 5.74) is 12.5. The van der Waals surface area contributed by atoms with Gasteiger partial charge in [0.15, 0.2) is 5.82 Å². The van der Waals surface area contributed by atoms with E-state index < -0.39 is 0 Å². The van der Waals surface area contributed by atoms with Crippen LogP contribution < -0.4 is 0 Å². The molecule has 0 unspecified atom stereocenters. The topological polar surface area (TPSA) is 25.8 Å². The summed E-state index contributed by atoms with van der Waals surface area (Å²) in [4.78, 5) is 10.5. The third kappa shape index (κ3) is 4.57. The minimum absolute atomic E-state index is 0.236. The lowest BCUT2D eigenvalue weighted by atomic mass is 9.80. The Bertz CT molecular complexity index is 2750. The molecule has 2 nitrogen and oxygen atoms in total. The fourth-order valence-electron chi connectivity index (χ4n) is 8.43. The number of rotatable bonds is 4. The molecule has 0 bridgehead atoms. The van der Waals surface area contributed by atoms with E-state index in [2.05, 4.69) is 178 Å². The molecule has 0 saturated heterocycles. The zero-order valence-corrected chi connectivity index (χ0v) is 28.6. The molecule has 0 aliphatic heterocycles. The van der Waals surface area contributed by atoms with Crippen LogP contribution in [0, 0.1) is 0 Å². The van der Waals surface area contributed by atoms with Crippen LogP contribution in [-0.4, -0.2) is 9.97 Å². The third-order valence-corrected chi connectivity index (χ3v) is 10.8. The highest BCUT2D eigenvalue weighted by atomic mass is 14.9. The Labute approximate surface area is 297 Å². The lowest BCUT2D eigenvalue weighted by Gasteiger charge is -2.24. The van der Waals surface area contributed by atoms with Gasteiger partial charge in [-0.15, -0.1) is 0 Å². The van der Waals surface area contributed by atoms with Crippen LogP contribution in [0.5, 0.6) is 0 Å². The van der Waals surface area contributed by atoms with Gasteiger partial charge in [0.1, 0.15) is 0 Å². The van der Waals surface area contributed by atoms with E-state index in [0.717, 1.165) is 28.3 Å². The SMILES string of the molecule is CC1(C)c2ccccc2-c2nc(-c3ccccc3)nc(-c3ccc(-c4c5ccccc5c(-c5ccc6ccccc6c5)c5ccccc45)cc3)c21. The molecule has 9 aromatic rings. The number of benzene rings is 8. The quantitative estimate of drug-likeness (QED) is 0.177. The predicted octanol–water partition coefficient (Wildman–Crippen LogP) is 12.9. The van der Waals surface area contributed by atoms with Crippen molar-refractivity contribution in [3.8, 4) is 56.2 Å². The van der Waals surface area contributed by atoms with Crippen LogP contribution in [0.2, 0.25) is 0 Å².